The Labute approximate surface area is 119 Å². The van der Waals surface area contributed by atoms with Gasteiger partial charge in [-0.1, -0.05) is 30.3 Å². The first kappa shape index (κ1) is 14.1. The summed E-state index contributed by atoms with van der Waals surface area (Å²) in [5, 5.41) is 0. The van der Waals surface area contributed by atoms with Gasteiger partial charge in [-0.25, -0.2) is 0 Å². The normalized spacial score (nSPS) is 11.7. The number of ketones is 1. The molecule has 1 atom stereocenters. The lowest BCUT2D eigenvalue weighted by Gasteiger charge is -2.13. The van der Waals surface area contributed by atoms with E-state index in [1.807, 2.05) is 54.6 Å². The fraction of sp³-hybridized carbons (Fsp3) is 0.235. The van der Waals surface area contributed by atoms with Crippen LogP contribution in [0.15, 0.2) is 54.6 Å². The van der Waals surface area contributed by atoms with E-state index in [1.54, 1.807) is 14.0 Å². The first-order valence-corrected chi connectivity index (χ1v) is 6.56. The number of hydrogen-bond acceptors (Lipinski definition) is 3. The second-order valence-electron chi connectivity index (χ2n) is 4.56. The molecule has 0 aromatic heterocycles. The molecule has 104 valence electrons. The van der Waals surface area contributed by atoms with Gasteiger partial charge in [0.2, 0.25) is 0 Å². The predicted octanol–water partition coefficient (Wildman–Crippen LogP) is 3.27. The third kappa shape index (κ3) is 3.85. The van der Waals surface area contributed by atoms with Crippen molar-refractivity contribution in [2.24, 2.45) is 0 Å². The van der Waals surface area contributed by atoms with E-state index in [4.69, 9.17) is 9.47 Å². The fourth-order valence-electron chi connectivity index (χ4n) is 1.86. The van der Waals surface area contributed by atoms with Gasteiger partial charge in [-0.2, -0.15) is 0 Å². The Morgan fingerprint density at radius 2 is 1.65 bits per heavy atom. The summed E-state index contributed by atoms with van der Waals surface area (Å²) in [6.07, 6.45) is -0.0997. The highest BCUT2D eigenvalue weighted by atomic mass is 16.5. The van der Waals surface area contributed by atoms with Crippen LogP contribution in [0, 0.1) is 0 Å². The molecular formula is C17H18O3. The molecular weight excluding hydrogens is 252 g/mol. The summed E-state index contributed by atoms with van der Waals surface area (Å²) in [5.74, 6) is 1.55. The molecule has 20 heavy (non-hydrogen) atoms. The molecule has 2 aromatic rings. The summed E-state index contributed by atoms with van der Waals surface area (Å²) in [5.41, 5.74) is 0.958. The Balaban J connectivity index is 1.93. The van der Waals surface area contributed by atoms with Crippen molar-refractivity contribution in [3.63, 3.8) is 0 Å². The van der Waals surface area contributed by atoms with Crippen molar-refractivity contribution in [1.82, 2.24) is 0 Å². The van der Waals surface area contributed by atoms with E-state index in [2.05, 4.69) is 0 Å². The SMILES string of the molecule is COc1ccc(CC(=O)C(C)Oc2ccccc2)cc1. The van der Waals surface area contributed by atoms with Crippen LogP contribution >= 0.6 is 0 Å². The fourth-order valence-corrected chi connectivity index (χ4v) is 1.86. The third-order valence-corrected chi connectivity index (χ3v) is 3.05. The maximum Gasteiger partial charge on any atom is 0.177 e. The topological polar surface area (TPSA) is 35.5 Å². The molecule has 0 aliphatic carbocycles. The molecule has 0 saturated heterocycles. The minimum absolute atomic E-state index is 0.0546. The lowest BCUT2D eigenvalue weighted by molar-refractivity contribution is -0.124. The van der Waals surface area contributed by atoms with Crippen LogP contribution in [0.4, 0.5) is 0 Å². The Hall–Kier alpha value is -2.29. The van der Waals surface area contributed by atoms with E-state index < -0.39 is 6.10 Å². The van der Waals surface area contributed by atoms with Gasteiger partial charge in [0.05, 0.1) is 7.11 Å². The van der Waals surface area contributed by atoms with Crippen LogP contribution in [0.25, 0.3) is 0 Å². The lowest BCUT2D eigenvalue weighted by Crippen LogP contribution is -2.25. The molecule has 0 heterocycles. The first-order valence-electron chi connectivity index (χ1n) is 6.56. The van der Waals surface area contributed by atoms with E-state index in [0.29, 0.717) is 12.2 Å². The average Bonchev–Trinajstić information content (AvgIpc) is 2.49. The maximum atomic E-state index is 12.1. The zero-order valence-corrected chi connectivity index (χ0v) is 11.7. The molecule has 0 aliphatic rings. The highest BCUT2D eigenvalue weighted by molar-refractivity contribution is 5.85. The van der Waals surface area contributed by atoms with Gasteiger partial charge in [-0.3, -0.25) is 4.79 Å². The number of benzene rings is 2. The molecule has 0 N–H and O–H groups in total. The van der Waals surface area contributed by atoms with E-state index in [9.17, 15) is 4.79 Å². The van der Waals surface area contributed by atoms with Gasteiger partial charge in [0.15, 0.2) is 11.9 Å². The van der Waals surface area contributed by atoms with Crippen LogP contribution in [-0.4, -0.2) is 19.0 Å². The van der Waals surface area contributed by atoms with Gasteiger partial charge in [-0.05, 0) is 36.8 Å². The number of carbonyl (C=O) groups is 1. The van der Waals surface area contributed by atoms with E-state index >= 15 is 0 Å². The molecule has 0 saturated carbocycles. The van der Waals surface area contributed by atoms with Gasteiger partial charge in [0, 0.05) is 6.42 Å². The third-order valence-electron chi connectivity index (χ3n) is 3.05. The van der Waals surface area contributed by atoms with Crippen LogP contribution in [0.5, 0.6) is 11.5 Å². The Bertz CT molecular complexity index is 546. The minimum atomic E-state index is -0.459. The molecule has 0 amide bonds. The molecule has 0 bridgehead atoms. The van der Waals surface area contributed by atoms with E-state index in [0.717, 1.165) is 11.3 Å². The first-order chi connectivity index (χ1) is 9.69. The van der Waals surface area contributed by atoms with Crippen LogP contribution in [0.1, 0.15) is 12.5 Å². The Morgan fingerprint density at radius 3 is 2.25 bits per heavy atom. The molecule has 0 fully saturated rings. The quantitative estimate of drug-likeness (QED) is 0.808. The molecule has 0 radical (unpaired) electrons. The lowest BCUT2D eigenvalue weighted by atomic mass is 10.1. The van der Waals surface area contributed by atoms with Crippen molar-refractivity contribution >= 4 is 5.78 Å². The molecule has 1 unspecified atom stereocenters. The predicted molar refractivity (Wildman–Crippen MR) is 78.2 cm³/mol. The number of methoxy groups -OCH3 is 1. The summed E-state index contributed by atoms with van der Waals surface area (Å²) < 4.78 is 10.7. The Morgan fingerprint density at radius 1 is 1.00 bits per heavy atom. The van der Waals surface area contributed by atoms with Crippen molar-refractivity contribution in [2.45, 2.75) is 19.4 Å². The number of para-hydroxylation sites is 1. The number of hydrogen-bond donors (Lipinski definition) is 0. The summed E-state index contributed by atoms with van der Waals surface area (Å²) in [7, 11) is 1.62. The molecule has 3 heteroatoms. The minimum Gasteiger partial charge on any atom is -0.497 e. The van der Waals surface area contributed by atoms with Crippen LogP contribution in [-0.2, 0) is 11.2 Å². The molecule has 0 spiro atoms. The summed E-state index contributed by atoms with van der Waals surface area (Å²) in [6.45, 7) is 1.78. The summed E-state index contributed by atoms with van der Waals surface area (Å²) >= 11 is 0. The van der Waals surface area contributed by atoms with Gasteiger partial charge >= 0.3 is 0 Å². The second-order valence-corrected chi connectivity index (χ2v) is 4.56. The summed E-state index contributed by atoms with van der Waals surface area (Å²) in [6, 6.07) is 16.9. The zero-order chi connectivity index (χ0) is 14.4. The molecule has 2 aromatic carbocycles. The summed E-state index contributed by atoms with van der Waals surface area (Å²) in [4.78, 5) is 12.1. The van der Waals surface area contributed by atoms with Gasteiger partial charge in [0.1, 0.15) is 11.5 Å². The van der Waals surface area contributed by atoms with Crippen LogP contribution in [0.3, 0.4) is 0 Å². The van der Waals surface area contributed by atoms with E-state index in [-0.39, 0.29) is 5.78 Å². The zero-order valence-electron chi connectivity index (χ0n) is 11.7. The average molecular weight is 270 g/mol. The van der Waals surface area contributed by atoms with Crippen molar-refractivity contribution in [2.75, 3.05) is 7.11 Å². The van der Waals surface area contributed by atoms with Crippen molar-refractivity contribution in [3.05, 3.63) is 60.2 Å². The van der Waals surface area contributed by atoms with Crippen LogP contribution < -0.4 is 9.47 Å². The van der Waals surface area contributed by atoms with Gasteiger partial charge in [-0.15, -0.1) is 0 Å². The number of carbonyl (C=O) groups excluding carboxylic acids is 1. The Kier molecular flexibility index (Phi) is 4.77. The highest BCUT2D eigenvalue weighted by Crippen LogP contribution is 2.15. The molecule has 2 rings (SSSR count). The van der Waals surface area contributed by atoms with Gasteiger partial charge < -0.3 is 9.47 Å². The number of Topliss-reactive ketones (excluding diaryl/α,β-unsaturated/α-hetero) is 1. The largest absolute Gasteiger partial charge is 0.497 e. The number of ether oxygens (including phenoxy) is 2. The number of rotatable bonds is 6. The van der Waals surface area contributed by atoms with Crippen molar-refractivity contribution in [1.29, 1.82) is 0 Å². The maximum absolute atomic E-state index is 12.1. The smallest absolute Gasteiger partial charge is 0.177 e. The van der Waals surface area contributed by atoms with E-state index in [1.165, 1.54) is 0 Å². The van der Waals surface area contributed by atoms with Crippen molar-refractivity contribution < 1.29 is 14.3 Å². The van der Waals surface area contributed by atoms with Crippen LogP contribution in [0.2, 0.25) is 0 Å². The molecule has 0 aliphatic heterocycles. The highest BCUT2D eigenvalue weighted by Gasteiger charge is 2.15. The van der Waals surface area contributed by atoms with Crippen molar-refractivity contribution in [3.8, 4) is 11.5 Å². The monoisotopic (exact) mass is 270 g/mol. The van der Waals surface area contributed by atoms with Gasteiger partial charge in [0.25, 0.3) is 0 Å². The molecule has 3 nitrogen and oxygen atoms in total. The second kappa shape index (κ2) is 6.75. The standard InChI is InChI=1S/C17H18O3/c1-13(20-16-6-4-3-5-7-16)17(18)12-14-8-10-15(19-2)11-9-14/h3-11,13H,12H2,1-2H3.